The van der Waals surface area contributed by atoms with Gasteiger partial charge in [-0.3, -0.25) is 4.79 Å². The highest BCUT2D eigenvalue weighted by molar-refractivity contribution is 5.92. The Morgan fingerprint density at radius 2 is 1.59 bits per heavy atom. The second-order valence-corrected chi connectivity index (χ2v) is 7.05. The quantitative estimate of drug-likeness (QED) is 0.736. The minimum absolute atomic E-state index is 0.127. The van der Waals surface area contributed by atoms with Gasteiger partial charge in [-0.15, -0.1) is 10.2 Å². The van der Waals surface area contributed by atoms with Crippen molar-refractivity contribution in [3.05, 3.63) is 77.7 Å². The number of carbonyl (C=O) groups is 1. The van der Waals surface area contributed by atoms with Gasteiger partial charge in [-0.05, 0) is 55.5 Å². The summed E-state index contributed by atoms with van der Waals surface area (Å²) in [6, 6.07) is 17.8. The fourth-order valence-electron chi connectivity index (χ4n) is 3.28. The molecule has 0 unspecified atom stereocenters. The Bertz CT molecular complexity index is 966. The lowest BCUT2D eigenvalue weighted by Gasteiger charge is -2.35. The van der Waals surface area contributed by atoms with Crippen LogP contribution in [0.25, 0.3) is 0 Å². The predicted octanol–water partition coefficient (Wildman–Crippen LogP) is 3.63. The van der Waals surface area contributed by atoms with E-state index in [9.17, 15) is 9.18 Å². The van der Waals surface area contributed by atoms with Crippen LogP contribution < -0.4 is 10.2 Å². The molecule has 1 aliphatic heterocycles. The maximum atomic E-state index is 13.1. The first kappa shape index (κ1) is 18.9. The van der Waals surface area contributed by atoms with E-state index >= 15 is 0 Å². The topological polar surface area (TPSA) is 61.4 Å². The number of carbonyl (C=O) groups excluding carboxylic acids is 1. The molecule has 0 atom stereocenters. The van der Waals surface area contributed by atoms with Crippen LogP contribution in [0.1, 0.15) is 16.1 Å². The largest absolute Gasteiger partial charge is 0.368 e. The van der Waals surface area contributed by atoms with Gasteiger partial charge < -0.3 is 15.1 Å². The summed E-state index contributed by atoms with van der Waals surface area (Å²) in [6.45, 7) is 4.59. The molecule has 1 N–H and O–H groups in total. The summed E-state index contributed by atoms with van der Waals surface area (Å²) in [5, 5.41) is 11.4. The minimum atomic E-state index is -0.249. The van der Waals surface area contributed by atoms with Gasteiger partial charge >= 0.3 is 0 Å². The van der Waals surface area contributed by atoms with Crippen molar-refractivity contribution in [1.29, 1.82) is 0 Å². The molecule has 0 radical (unpaired) electrons. The van der Waals surface area contributed by atoms with E-state index in [1.54, 1.807) is 29.2 Å². The number of piperazine rings is 1. The normalized spacial score (nSPS) is 14.0. The lowest BCUT2D eigenvalue weighted by molar-refractivity contribution is 0.0739. The van der Waals surface area contributed by atoms with Crippen molar-refractivity contribution in [1.82, 2.24) is 15.1 Å². The maximum absolute atomic E-state index is 13.1. The van der Waals surface area contributed by atoms with Crippen LogP contribution in [0.2, 0.25) is 0 Å². The first-order valence-electron chi connectivity index (χ1n) is 9.56. The average Bonchev–Trinajstić information content (AvgIpc) is 2.76. The Balaban J connectivity index is 1.35. The van der Waals surface area contributed by atoms with E-state index in [4.69, 9.17) is 0 Å². The van der Waals surface area contributed by atoms with Gasteiger partial charge in [-0.25, -0.2) is 4.39 Å². The second kappa shape index (κ2) is 8.26. The number of halogens is 1. The van der Waals surface area contributed by atoms with Crippen molar-refractivity contribution in [2.24, 2.45) is 0 Å². The molecule has 29 heavy (non-hydrogen) atoms. The van der Waals surface area contributed by atoms with Crippen LogP contribution >= 0.6 is 0 Å². The summed E-state index contributed by atoms with van der Waals surface area (Å²) in [6.07, 6.45) is 0. The number of anilines is 3. The zero-order valence-electron chi connectivity index (χ0n) is 16.2. The third kappa shape index (κ3) is 4.51. The Morgan fingerprint density at radius 1 is 0.897 bits per heavy atom. The molecular formula is C22H22FN5O. The van der Waals surface area contributed by atoms with Gasteiger partial charge in [0.2, 0.25) is 0 Å². The number of aromatic nitrogens is 2. The van der Waals surface area contributed by atoms with Crippen LogP contribution in [0, 0.1) is 12.7 Å². The monoisotopic (exact) mass is 391 g/mol. The van der Waals surface area contributed by atoms with E-state index in [1.165, 1.54) is 17.7 Å². The van der Waals surface area contributed by atoms with Gasteiger partial charge in [-0.2, -0.15) is 0 Å². The Kier molecular flexibility index (Phi) is 5.37. The van der Waals surface area contributed by atoms with E-state index in [-0.39, 0.29) is 11.7 Å². The average molecular weight is 391 g/mol. The van der Waals surface area contributed by atoms with Crippen molar-refractivity contribution in [3.63, 3.8) is 0 Å². The van der Waals surface area contributed by atoms with Gasteiger partial charge in [0, 0.05) is 37.6 Å². The predicted molar refractivity (Wildman–Crippen MR) is 111 cm³/mol. The fraction of sp³-hybridized carbons (Fsp3) is 0.227. The van der Waals surface area contributed by atoms with Crippen LogP contribution in [0.4, 0.5) is 21.6 Å². The Labute approximate surface area is 169 Å². The fourth-order valence-corrected chi connectivity index (χ4v) is 3.28. The van der Waals surface area contributed by atoms with Gasteiger partial charge in [0.1, 0.15) is 5.82 Å². The molecule has 148 valence electrons. The summed E-state index contributed by atoms with van der Waals surface area (Å²) in [7, 11) is 0. The number of nitrogens with zero attached hydrogens (tertiary/aromatic N) is 4. The van der Waals surface area contributed by atoms with Gasteiger partial charge in [0.15, 0.2) is 11.5 Å². The van der Waals surface area contributed by atoms with Gasteiger partial charge in [-0.1, -0.05) is 17.7 Å². The van der Waals surface area contributed by atoms with E-state index in [2.05, 4.69) is 20.4 Å². The van der Waals surface area contributed by atoms with Crippen molar-refractivity contribution < 1.29 is 9.18 Å². The molecule has 1 amide bonds. The number of amides is 1. The molecule has 4 rings (SSSR count). The zero-order chi connectivity index (χ0) is 20.2. The number of hydrogen-bond acceptors (Lipinski definition) is 5. The molecule has 0 aliphatic carbocycles. The number of hydrogen-bond donors (Lipinski definition) is 1. The van der Waals surface area contributed by atoms with E-state index in [0.717, 1.165) is 11.4 Å². The first-order chi connectivity index (χ1) is 14.1. The van der Waals surface area contributed by atoms with Crippen LogP contribution in [0.15, 0.2) is 60.7 Å². The second-order valence-electron chi connectivity index (χ2n) is 7.05. The first-order valence-corrected chi connectivity index (χ1v) is 9.56. The summed E-state index contributed by atoms with van der Waals surface area (Å²) < 4.78 is 13.1. The van der Waals surface area contributed by atoms with Crippen LogP contribution in [-0.4, -0.2) is 47.2 Å². The number of nitrogens with one attached hydrogen (secondary N) is 1. The van der Waals surface area contributed by atoms with Crippen LogP contribution in [0.3, 0.4) is 0 Å². The molecule has 2 aromatic carbocycles. The van der Waals surface area contributed by atoms with Crippen molar-refractivity contribution >= 4 is 23.1 Å². The number of benzene rings is 2. The maximum Gasteiger partial charge on any atom is 0.274 e. The zero-order valence-corrected chi connectivity index (χ0v) is 16.2. The molecule has 1 aliphatic rings. The number of rotatable bonds is 4. The molecule has 2 heterocycles. The lowest BCUT2D eigenvalue weighted by Crippen LogP contribution is -2.49. The molecule has 6 nitrogen and oxygen atoms in total. The Hall–Kier alpha value is -3.48. The molecular weight excluding hydrogens is 369 g/mol. The van der Waals surface area contributed by atoms with Crippen LogP contribution in [-0.2, 0) is 0 Å². The van der Waals surface area contributed by atoms with Crippen molar-refractivity contribution in [2.45, 2.75) is 6.92 Å². The minimum Gasteiger partial charge on any atom is -0.368 e. The van der Waals surface area contributed by atoms with E-state index < -0.39 is 0 Å². The highest BCUT2D eigenvalue weighted by Crippen LogP contribution is 2.18. The summed E-state index contributed by atoms with van der Waals surface area (Å²) in [4.78, 5) is 16.6. The van der Waals surface area contributed by atoms with E-state index in [0.29, 0.717) is 37.7 Å². The molecule has 1 saturated heterocycles. The molecule has 0 saturated carbocycles. The van der Waals surface area contributed by atoms with E-state index in [1.807, 2.05) is 31.2 Å². The molecule has 0 bridgehead atoms. The molecule has 1 aromatic heterocycles. The SMILES string of the molecule is Cc1ccc(Nc2ccc(C(=O)N3CCN(c4ccc(F)cc4)CC3)nn2)cc1. The van der Waals surface area contributed by atoms with Crippen LogP contribution in [0.5, 0.6) is 0 Å². The molecule has 0 spiro atoms. The van der Waals surface area contributed by atoms with Gasteiger partial charge in [0.05, 0.1) is 0 Å². The summed E-state index contributed by atoms with van der Waals surface area (Å²) >= 11 is 0. The third-order valence-electron chi connectivity index (χ3n) is 4.97. The van der Waals surface area contributed by atoms with Crippen molar-refractivity contribution in [2.75, 3.05) is 36.4 Å². The van der Waals surface area contributed by atoms with Gasteiger partial charge in [0.25, 0.3) is 5.91 Å². The smallest absolute Gasteiger partial charge is 0.274 e. The molecule has 3 aromatic rings. The highest BCUT2D eigenvalue weighted by Gasteiger charge is 2.23. The Morgan fingerprint density at radius 3 is 2.21 bits per heavy atom. The number of aryl methyl sites for hydroxylation is 1. The third-order valence-corrected chi connectivity index (χ3v) is 4.97. The molecule has 7 heteroatoms. The highest BCUT2D eigenvalue weighted by atomic mass is 19.1. The standard InChI is InChI=1S/C22H22FN5O/c1-16-2-6-18(7-3-16)24-21-11-10-20(25-26-21)22(29)28-14-12-27(13-15-28)19-8-4-17(23)5-9-19/h2-11H,12-15H2,1H3,(H,24,26). The molecule has 1 fully saturated rings. The summed E-state index contributed by atoms with van der Waals surface area (Å²) in [5.74, 6) is 0.214. The van der Waals surface area contributed by atoms with Crippen molar-refractivity contribution in [3.8, 4) is 0 Å². The lowest BCUT2D eigenvalue weighted by atomic mass is 10.2. The summed E-state index contributed by atoms with van der Waals surface area (Å²) in [5.41, 5.74) is 3.39.